The van der Waals surface area contributed by atoms with Crippen molar-refractivity contribution in [2.75, 3.05) is 38.1 Å². The Morgan fingerprint density at radius 2 is 1.94 bits per heavy atom. The zero-order valence-corrected chi connectivity index (χ0v) is 19.4. The molecular formula is C22H22FN3O5S2. The van der Waals surface area contributed by atoms with Crippen LogP contribution in [-0.2, 0) is 26.0 Å². The summed E-state index contributed by atoms with van der Waals surface area (Å²) in [5, 5.41) is 1.84. The van der Waals surface area contributed by atoms with Crippen molar-refractivity contribution in [3.05, 3.63) is 59.4 Å². The number of methoxy groups -OCH3 is 1. The Kier molecular flexibility index (Phi) is 6.91. The van der Waals surface area contributed by atoms with E-state index in [4.69, 9.17) is 9.47 Å². The zero-order chi connectivity index (χ0) is 23.4. The third-order valence-corrected chi connectivity index (χ3v) is 7.40. The van der Waals surface area contributed by atoms with Crippen molar-refractivity contribution < 1.29 is 27.1 Å². The van der Waals surface area contributed by atoms with Crippen LogP contribution in [0.1, 0.15) is 5.69 Å². The average molecular weight is 492 g/mol. The second-order valence-corrected chi connectivity index (χ2v) is 9.83. The van der Waals surface area contributed by atoms with Gasteiger partial charge in [-0.3, -0.25) is 9.52 Å². The molecule has 1 aromatic heterocycles. The Hall–Kier alpha value is -3.02. The lowest BCUT2D eigenvalue weighted by Crippen LogP contribution is -2.41. The summed E-state index contributed by atoms with van der Waals surface area (Å²) >= 11 is 1.11. The van der Waals surface area contributed by atoms with E-state index in [-0.39, 0.29) is 22.4 Å². The van der Waals surface area contributed by atoms with Crippen LogP contribution in [0.15, 0.2) is 52.7 Å². The maximum absolute atomic E-state index is 13.7. The maximum atomic E-state index is 13.7. The number of nitrogens with zero attached hydrogens (tertiary/aromatic N) is 2. The van der Waals surface area contributed by atoms with Crippen molar-refractivity contribution in [1.29, 1.82) is 0 Å². The number of carbonyl (C=O) groups is 1. The molecule has 1 amide bonds. The summed E-state index contributed by atoms with van der Waals surface area (Å²) in [6.45, 7) is 2.11. The molecule has 0 aliphatic carbocycles. The first-order chi connectivity index (χ1) is 15.9. The highest BCUT2D eigenvalue weighted by atomic mass is 32.2. The van der Waals surface area contributed by atoms with E-state index in [9.17, 15) is 17.6 Å². The van der Waals surface area contributed by atoms with Crippen molar-refractivity contribution in [1.82, 2.24) is 9.88 Å². The predicted molar refractivity (Wildman–Crippen MR) is 122 cm³/mol. The van der Waals surface area contributed by atoms with Crippen LogP contribution >= 0.6 is 11.3 Å². The van der Waals surface area contributed by atoms with E-state index in [1.807, 2.05) is 0 Å². The van der Waals surface area contributed by atoms with Crippen LogP contribution in [0.4, 0.5) is 9.52 Å². The van der Waals surface area contributed by atoms with Gasteiger partial charge in [0.2, 0.25) is 5.91 Å². The number of aromatic nitrogens is 1. The monoisotopic (exact) mass is 491 g/mol. The minimum atomic E-state index is -3.89. The molecule has 1 fully saturated rings. The smallest absolute Gasteiger partial charge is 0.263 e. The highest BCUT2D eigenvalue weighted by Crippen LogP contribution is 2.31. The van der Waals surface area contributed by atoms with Gasteiger partial charge in [-0.05, 0) is 35.9 Å². The number of halogens is 1. The molecule has 0 bridgehead atoms. The molecule has 1 aliphatic rings. The molecule has 0 spiro atoms. The largest absolute Gasteiger partial charge is 0.496 e. The Morgan fingerprint density at radius 1 is 1.21 bits per heavy atom. The van der Waals surface area contributed by atoms with E-state index < -0.39 is 15.8 Å². The minimum absolute atomic E-state index is 0.0303. The first kappa shape index (κ1) is 23.1. The Balaban J connectivity index is 1.45. The van der Waals surface area contributed by atoms with Gasteiger partial charge < -0.3 is 14.4 Å². The number of morpholine rings is 1. The Labute approximate surface area is 195 Å². The standard InChI is InChI=1S/C22H22FN3O5S2/c1-30-20-7-4-16(23)12-19(20)15-2-5-18(6-3-15)33(28,29)25-22-24-17(14-32-22)13-21(27)26-8-10-31-11-9-26/h2-7,12,14H,8-11,13H2,1H3,(H,24,25). The Morgan fingerprint density at radius 3 is 2.64 bits per heavy atom. The van der Waals surface area contributed by atoms with Gasteiger partial charge in [0, 0.05) is 24.0 Å². The lowest BCUT2D eigenvalue weighted by atomic mass is 10.0. The third-order valence-electron chi connectivity index (χ3n) is 5.11. The number of ether oxygens (including phenoxy) is 2. The van der Waals surface area contributed by atoms with Gasteiger partial charge in [-0.1, -0.05) is 12.1 Å². The molecule has 11 heteroatoms. The molecule has 174 valence electrons. The van der Waals surface area contributed by atoms with Gasteiger partial charge in [0.05, 0.1) is 37.3 Å². The second-order valence-electron chi connectivity index (χ2n) is 7.29. The first-order valence-electron chi connectivity index (χ1n) is 10.1. The number of carbonyl (C=O) groups excluding carboxylic acids is 1. The lowest BCUT2D eigenvalue weighted by molar-refractivity contribution is -0.134. The number of benzene rings is 2. The van der Waals surface area contributed by atoms with Crippen molar-refractivity contribution in [2.45, 2.75) is 11.3 Å². The quantitative estimate of drug-likeness (QED) is 0.545. The number of hydrogen-bond acceptors (Lipinski definition) is 7. The van der Waals surface area contributed by atoms with E-state index in [1.165, 1.54) is 37.4 Å². The van der Waals surface area contributed by atoms with Gasteiger partial charge in [-0.2, -0.15) is 0 Å². The molecule has 0 unspecified atom stereocenters. The average Bonchev–Trinajstić information content (AvgIpc) is 3.25. The number of nitrogens with one attached hydrogen (secondary N) is 1. The fourth-order valence-electron chi connectivity index (χ4n) is 3.41. The number of anilines is 1. The Bertz CT molecular complexity index is 1240. The topological polar surface area (TPSA) is 97.8 Å². The molecule has 4 rings (SSSR count). The van der Waals surface area contributed by atoms with Gasteiger partial charge in [-0.25, -0.2) is 17.8 Å². The van der Waals surface area contributed by atoms with Gasteiger partial charge >= 0.3 is 0 Å². The molecule has 2 heterocycles. The second kappa shape index (κ2) is 9.86. The van der Waals surface area contributed by atoms with E-state index in [2.05, 4.69) is 9.71 Å². The minimum Gasteiger partial charge on any atom is -0.496 e. The first-order valence-corrected chi connectivity index (χ1v) is 12.5. The van der Waals surface area contributed by atoms with Gasteiger partial charge in [0.25, 0.3) is 10.0 Å². The predicted octanol–water partition coefficient (Wildman–Crippen LogP) is 3.16. The van der Waals surface area contributed by atoms with Crippen LogP contribution < -0.4 is 9.46 Å². The van der Waals surface area contributed by atoms with Crippen LogP contribution in [0.25, 0.3) is 11.1 Å². The molecule has 3 aromatic rings. The highest BCUT2D eigenvalue weighted by molar-refractivity contribution is 7.93. The third kappa shape index (κ3) is 5.49. The van der Waals surface area contributed by atoms with Crippen molar-refractivity contribution in [3.63, 3.8) is 0 Å². The molecule has 33 heavy (non-hydrogen) atoms. The van der Waals surface area contributed by atoms with E-state index in [0.717, 1.165) is 11.3 Å². The lowest BCUT2D eigenvalue weighted by Gasteiger charge is -2.26. The number of hydrogen-bond donors (Lipinski definition) is 1. The number of rotatable bonds is 7. The van der Waals surface area contributed by atoms with Crippen molar-refractivity contribution in [2.24, 2.45) is 0 Å². The molecule has 0 saturated carbocycles. The number of sulfonamides is 1. The molecule has 0 radical (unpaired) electrons. The van der Waals surface area contributed by atoms with Crippen LogP contribution in [0.3, 0.4) is 0 Å². The van der Waals surface area contributed by atoms with Crippen LogP contribution in [0, 0.1) is 5.82 Å². The van der Waals surface area contributed by atoms with Gasteiger partial charge in [0.15, 0.2) is 5.13 Å². The molecule has 8 nitrogen and oxygen atoms in total. The van der Waals surface area contributed by atoms with E-state index >= 15 is 0 Å². The fraction of sp³-hybridized carbons (Fsp3) is 0.273. The van der Waals surface area contributed by atoms with Gasteiger partial charge in [0.1, 0.15) is 11.6 Å². The van der Waals surface area contributed by atoms with E-state index in [0.29, 0.717) is 48.9 Å². The van der Waals surface area contributed by atoms with Crippen molar-refractivity contribution in [3.8, 4) is 16.9 Å². The molecule has 1 N–H and O–H groups in total. The number of amides is 1. The van der Waals surface area contributed by atoms with Crippen LogP contribution in [0.2, 0.25) is 0 Å². The van der Waals surface area contributed by atoms with Crippen LogP contribution in [0.5, 0.6) is 5.75 Å². The number of thiazole rings is 1. The van der Waals surface area contributed by atoms with Crippen LogP contribution in [-0.4, -0.2) is 57.6 Å². The molecule has 1 saturated heterocycles. The molecule has 1 aliphatic heterocycles. The van der Waals surface area contributed by atoms with Crippen molar-refractivity contribution >= 4 is 32.4 Å². The molecule has 2 aromatic carbocycles. The summed E-state index contributed by atoms with van der Waals surface area (Å²) < 4.78 is 52.2. The van der Waals surface area contributed by atoms with E-state index in [1.54, 1.807) is 22.4 Å². The summed E-state index contributed by atoms with van der Waals surface area (Å²) in [6, 6.07) is 10.2. The summed E-state index contributed by atoms with van der Waals surface area (Å²) in [5.74, 6) is -0.00992. The summed E-state index contributed by atoms with van der Waals surface area (Å²) in [7, 11) is -2.41. The molecule has 0 atom stereocenters. The maximum Gasteiger partial charge on any atom is 0.263 e. The highest BCUT2D eigenvalue weighted by Gasteiger charge is 2.20. The van der Waals surface area contributed by atoms with Gasteiger partial charge in [-0.15, -0.1) is 11.3 Å². The summed E-state index contributed by atoms with van der Waals surface area (Å²) in [6.07, 6.45) is 0.0996. The SMILES string of the molecule is COc1ccc(F)cc1-c1ccc(S(=O)(=O)Nc2nc(CC(=O)N3CCOCC3)cs2)cc1. The summed E-state index contributed by atoms with van der Waals surface area (Å²) in [4.78, 5) is 18.3. The normalized spacial score (nSPS) is 14.2. The summed E-state index contributed by atoms with van der Waals surface area (Å²) in [5.41, 5.74) is 1.63. The molecular weight excluding hydrogens is 469 g/mol. The zero-order valence-electron chi connectivity index (χ0n) is 17.8. The fourth-order valence-corrected chi connectivity index (χ4v) is 5.37.